The Labute approximate surface area is 106 Å². The van der Waals surface area contributed by atoms with E-state index >= 15 is 0 Å². The van der Waals surface area contributed by atoms with Crippen LogP contribution in [0, 0.1) is 0 Å². The number of nitrogens with one attached hydrogen (secondary N) is 3. The van der Waals surface area contributed by atoms with Crippen molar-refractivity contribution in [3.05, 3.63) is 23.8 Å². The molecule has 1 heterocycles. The molecule has 0 aliphatic carbocycles. The Morgan fingerprint density at radius 3 is 3.00 bits per heavy atom. The van der Waals surface area contributed by atoms with Crippen molar-refractivity contribution >= 4 is 23.2 Å². The van der Waals surface area contributed by atoms with Gasteiger partial charge in [0.15, 0.2) is 0 Å². The molecule has 5 nitrogen and oxygen atoms in total. The second-order valence-corrected chi connectivity index (χ2v) is 4.32. The zero-order valence-corrected chi connectivity index (χ0v) is 10.4. The van der Waals surface area contributed by atoms with E-state index in [0.29, 0.717) is 19.4 Å². The van der Waals surface area contributed by atoms with Crippen molar-refractivity contribution in [3.8, 4) is 0 Å². The van der Waals surface area contributed by atoms with Gasteiger partial charge in [0.25, 0.3) is 0 Å². The highest BCUT2D eigenvalue weighted by molar-refractivity contribution is 5.96. The van der Waals surface area contributed by atoms with Crippen LogP contribution in [0.4, 0.5) is 11.4 Å². The smallest absolute Gasteiger partial charge is 0.225 e. The quantitative estimate of drug-likeness (QED) is 0.746. The average molecular weight is 247 g/mol. The first-order chi connectivity index (χ1) is 8.69. The fraction of sp³-hybridized carbons (Fsp3) is 0.385. The van der Waals surface area contributed by atoms with Crippen molar-refractivity contribution in [2.75, 3.05) is 24.2 Å². The molecule has 1 aliphatic rings. The largest absolute Gasteiger partial charge is 0.326 e. The maximum Gasteiger partial charge on any atom is 0.225 e. The minimum atomic E-state index is -0.0357. The number of benzene rings is 1. The molecule has 0 unspecified atom stereocenters. The summed E-state index contributed by atoms with van der Waals surface area (Å²) in [4.78, 5) is 22.9. The van der Waals surface area contributed by atoms with Gasteiger partial charge in [-0.25, -0.2) is 0 Å². The molecular weight excluding hydrogens is 230 g/mol. The van der Waals surface area contributed by atoms with Crippen LogP contribution in [0.3, 0.4) is 0 Å². The summed E-state index contributed by atoms with van der Waals surface area (Å²) >= 11 is 0. The standard InChI is InChI=1S/C13H17N3O2/c1-14-7-6-13(18)15-10-4-2-9-3-5-12(17)16-11(9)8-10/h2,4,8,14H,3,5-7H2,1H3,(H,15,18)(H,16,17). The predicted octanol–water partition coefficient (Wildman–Crippen LogP) is 1.12. The third-order valence-electron chi connectivity index (χ3n) is 2.89. The molecule has 5 heteroatoms. The van der Waals surface area contributed by atoms with Crippen LogP contribution in [0.25, 0.3) is 0 Å². The van der Waals surface area contributed by atoms with Crippen molar-refractivity contribution < 1.29 is 9.59 Å². The molecule has 0 aromatic heterocycles. The first-order valence-electron chi connectivity index (χ1n) is 6.06. The zero-order chi connectivity index (χ0) is 13.0. The minimum absolute atomic E-state index is 0.0289. The fourth-order valence-electron chi connectivity index (χ4n) is 1.91. The summed E-state index contributed by atoms with van der Waals surface area (Å²) < 4.78 is 0. The maximum absolute atomic E-state index is 11.6. The first kappa shape index (κ1) is 12.6. The summed E-state index contributed by atoms with van der Waals surface area (Å²) in [5.41, 5.74) is 2.64. The van der Waals surface area contributed by atoms with Gasteiger partial charge in [0.05, 0.1) is 0 Å². The Kier molecular flexibility index (Phi) is 3.94. The summed E-state index contributed by atoms with van der Waals surface area (Å²) in [6, 6.07) is 5.62. The number of aryl methyl sites for hydroxylation is 1. The summed E-state index contributed by atoms with van der Waals surface area (Å²) in [7, 11) is 1.81. The lowest BCUT2D eigenvalue weighted by atomic mass is 10.0. The number of amides is 2. The Morgan fingerprint density at radius 1 is 1.39 bits per heavy atom. The Hall–Kier alpha value is -1.88. The third-order valence-corrected chi connectivity index (χ3v) is 2.89. The van der Waals surface area contributed by atoms with Gasteiger partial charge in [0, 0.05) is 30.8 Å². The molecular formula is C13H17N3O2. The zero-order valence-electron chi connectivity index (χ0n) is 10.4. The molecule has 0 saturated carbocycles. The molecule has 18 heavy (non-hydrogen) atoms. The van der Waals surface area contributed by atoms with E-state index in [4.69, 9.17) is 0 Å². The SMILES string of the molecule is CNCCC(=O)Nc1ccc2c(c1)NC(=O)CC2. The van der Waals surface area contributed by atoms with E-state index < -0.39 is 0 Å². The summed E-state index contributed by atoms with van der Waals surface area (Å²) in [5, 5.41) is 8.55. The molecule has 2 amide bonds. The molecule has 0 atom stereocenters. The molecule has 0 spiro atoms. The summed E-state index contributed by atoms with van der Waals surface area (Å²) in [6.45, 7) is 0.646. The highest BCUT2D eigenvalue weighted by Gasteiger charge is 2.15. The van der Waals surface area contributed by atoms with Gasteiger partial charge in [-0.2, -0.15) is 0 Å². The molecule has 0 radical (unpaired) electrons. The van der Waals surface area contributed by atoms with E-state index in [1.165, 1.54) is 0 Å². The normalized spacial score (nSPS) is 13.7. The van der Waals surface area contributed by atoms with Crippen LogP contribution < -0.4 is 16.0 Å². The van der Waals surface area contributed by atoms with Gasteiger partial charge in [-0.05, 0) is 31.2 Å². The molecule has 1 aromatic rings. The van der Waals surface area contributed by atoms with Crippen molar-refractivity contribution in [1.82, 2.24) is 5.32 Å². The average Bonchev–Trinajstić information content (AvgIpc) is 2.36. The van der Waals surface area contributed by atoms with Crippen molar-refractivity contribution in [2.24, 2.45) is 0 Å². The minimum Gasteiger partial charge on any atom is -0.326 e. The second-order valence-electron chi connectivity index (χ2n) is 4.32. The van der Waals surface area contributed by atoms with Gasteiger partial charge in [0.1, 0.15) is 0 Å². The van der Waals surface area contributed by atoms with Gasteiger partial charge in [-0.3, -0.25) is 9.59 Å². The fourth-order valence-corrected chi connectivity index (χ4v) is 1.91. The van der Waals surface area contributed by atoms with Crippen LogP contribution >= 0.6 is 0 Å². The molecule has 3 N–H and O–H groups in total. The second kappa shape index (κ2) is 5.64. The lowest BCUT2D eigenvalue weighted by Gasteiger charge is -2.17. The number of anilines is 2. The molecule has 96 valence electrons. The van der Waals surface area contributed by atoms with Crippen LogP contribution in [0.2, 0.25) is 0 Å². The van der Waals surface area contributed by atoms with Gasteiger partial charge < -0.3 is 16.0 Å². The maximum atomic E-state index is 11.6. The van der Waals surface area contributed by atoms with E-state index in [9.17, 15) is 9.59 Å². The van der Waals surface area contributed by atoms with Gasteiger partial charge in [0.2, 0.25) is 11.8 Å². The van der Waals surface area contributed by atoms with E-state index in [1.54, 1.807) is 0 Å². The van der Waals surface area contributed by atoms with Gasteiger partial charge in [-0.15, -0.1) is 0 Å². The van der Waals surface area contributed by atoms with Crippen molar-refractivity contribution in [3.63, 3.8) is 0 Å². The van der Waals surface area contributed by atoms with Crippen LogP contribution in [0.1, 0.15) is 18.4 Å². The van der Waals surface area contributed by atoms with E-state index in [0.717, 1.165) is 23.4 Å². The number of hydrogen-bond donors (Lipinski definition) is 3. The summed E-state index contributed by atoms with van der Waals surface area (Å²) in [5.74, 6) is -0.00686. The molecule has 0 bridgehead atoms. The Balaban J connectivity index is 2.04. The van der Waals surface area contributed by atoms with Crippen LogP contribution in [-0.4, -0.2) is 25.4 Å². The Morgan fingerprint density at radius 2 is 2.22 bits per heavy atom. The van der Waals surface area contributed by atoms with Crippen LogP contribution in [-0.2, 0) is 16.0 Å². The monoisotopic (exact) mass is 247 g/mol. The molecule has 1 aliphatic heterocycles. The number of fused-ring (bicyclic) bond motifs is 1. The predicted molar refractivity (Wildman–Crippen MR) is 70.6 cm³/mol. The highest BCUT2D eigenvalue weighted by Crippen LogP contribution is 2.25. The van der Waals surface area contributed by atoms with Gasteiger partial charge in [-0.1, -0.05) is 6.07 Å². The van der Waals surface area contributed by atoms with E-state index in [-0.39, 0.29) is 11.8 Å². The third kappa shape index (κ3) is 3.07. The van der Waals surface area contributed by atoms with E-state index in [1.807, 2.05) is 25.2 Å². The van der Waals surface area contributed by atoms with Crippen LogP contribution in [0.15, 0.2) is 18.2 Å². The number of carbonyl (C=O) groups is 2. The van der Waals surface area contributed by atoms with Gasteiger partial charge >= 0.3 is 0 Å². The Bertz CT molecular complexity index is 471. The molecule has 0 saturated heterocycles. The topological polar surface area (TPSA) is 70.2 Å². The van der Waals surface area contributed by atoms with Crippen LogP contribution in [0.5, 0.6) is 0 Å². The first-order valence-corrected chi connectivity index (χ1v) is 6.06. The van der Waals surface area contributed by atoms with E-state index in [2.05, 4.69) is 16.0 Å². The molecule has 2 rings (SSSR count). The lowest BCUT2D eigenvalue weighted by Crippen LogP contribution is -2.20. The van der Waals surface area contributed by atoms with Crippen molar-refractivity contribution in [1.29, 1.82) is 0 Å². The molecule has 1 aromatic carbocycles. The summed E-state index contributed by atoms with van der Waals surface area (Å²) in [6.07, 6.45) is 1.72. The number of carbonyl (C=O) groups excluding carboxylic acids is 2. The number of rotatable bonds is 4. The van der Waals surface area contributed by atoms with Crippen molar-refractivity contribution in [2.45, 2.75) is 19.3 Å². The highest BCUT2D eigenvalue weighted by atomic mass is 16.2. The molecule has 0 fully saturated rings. The number of hydrogen-bond acceptors (Lipinski definition) is 3. The lowest BCUT2D eigenvalue weighted by molar-refractivity contribution is -0.117.